The number of piperidine rings is 1. The minimum atomic E-state index is -0.298. The normalized spacial score (nSPS) is 18.2. The van der Waals surface area contributed by atoms with E-state index in [-0.39, 0.29) is 28.1 Å². The maximum Gasteiger partial charge on any atom is 0.254 e. The molecule has 1 spiro atoms. The first-order chi connectivity index (χ1) is 13.6. The monoisotopic (exact) mass is 397 g/mol. The number of aromatic amines is 1. The van der Waals surface area contributed by atoms with Gasteiger partial charge in [0.15, 0.2) is 0 Å². The first-order valence-corrected chi connectivity index (χ1v) is 10.3. The molecule has 1 aliphatic heterocycles. The molecule has 1 amide bonds. The first-order valence-electron chi connectivity index (χ1n) is 10.3. The largest absolute Gasteiger partial charge is 0.339 e. The number of carbonyl (C=O) groups is 1. The molecular formula is C23H28FN3O2. The van der Waals surface area contributed by atoms with E-state index in [4.69, 9.17) is 4.98 Å². The highest BCUT2D eigenvalue weighted by Crippen LogP contribution is 2.44. The van der Waals surface area contributed by atoms with Gasteiger partial charge in [-0.2, -0.15) is 0 Å². The van der Waals surface area contributed by atoms with Crippen molar-refractivity contribution in [2.45, 2.75) is 64.2 Å². The van der Waals surface area contributed by atoms with Gasteiger partial charge in [-0.15, -0.1) is 0 Å². The maximum absolute atomic E-state index is 13.5. The molecule has 2 aliphatic rings. The number of carbonyl (C=O) groups excluding carboxylic acids is 1. The summed E-state index contributed by atoms with van der Waals surface area (Å²) >= 11 is 0. The van der Waals surface area contributed by atoms with Crippen LogP contribution in [0.2, 0.25) is 0 Å². The summed E-state index contributed by atoms with van der Waals surface area (Å²) in [6.45, 7) is 9.05. The second-order valence-electron chi connectivity index (χ2n) is 9.53. The van der Waals surface area contributed by atoms with Crippen LogP contribution in [0.3, 0.4) is 0 Å². The van der Waals surface area contributed by atoms with Gasteiger partial charge in [0.05, 0.1) is 5.69 Å². The van der Waals surface area contributed by atoms with Gasteiger partial charge in [0.25, 0.3) is 11.5 Å². The van der Waals surface area contributed by atoms with E-state index < -0.39 is 0 Å². The molecule has 6 heteroatoms. The van der Waals surface area contributed by atoms with E-state index in [2.05, 4.69) is 4.98 Å². The fraction of sp³-hybridized carbons (Fsp3) is 0.522. The molecule has 5 nitrogen and oxygen atoms in total. The predicted molar refractivity (Wildman–Crippen MR) is 110 cm³/mol. The SMILES string of the molecule is Cc1cc(C(=O)N2CCC3(CCc4c3nc(C(C)(C)C)[nH]c4=O)CC2)ccc1F. The first kappa shape index (κ1) is 19.8. The number of fused-ring (bicyclic) bond motifs is 2. The summed E-state index contributed by atoms with van der Waals surface area (Å²) in [5.41, 5.74) is 2.39. The molecule has 1 saturated heterocycles. The average Bonchev–Trinajstić information content (AvgIpc) is 3.02. The summed E-state index contributed by atoms with van der Waals surface area (Å²) in [4.78, 5) is 35.2. The van der Waals surface area contributed by atoms with Crippen LogP contribution < -0.4 is 5.56 Å². The van der Waals surface area contributed by atoms with E-state index >= 15 is 0 Å². The quantitative estimate of drug-likeness (QED) is 0.799. The molecule has 1 aliphatic carbocycles. The zero-order valence-corrected chi connectivity index (χ0v) is 17.6. The second-order valence-corrected chi connectivity index (χ2v) is 9.53. The number of rotatable bonds is 1. The third-order valence-corrected chi connectivity index (χ3v) is 6.49. The van der Waals surface area contributed by atoms with Gasteiger partial charge in [-0.25, -0.2) is 9.37 Å². The Balaban J connectivity index is 1.58. The number of halogens is 1. The van der Waals surface area contributed by atoms with Gasteiger partial charge in [0.2, 0.25) is 0 Å². The van der Waals surface area contributed by atoms with Gasteiger partial charge in [0.1, 0.15) is 11.6 Å². The Morgan fingerprint density at radius 3 is 2.52 bits per heavy atom. The molecule has 1 N–H and O–H groups in total. The molecule has 1 aromatic heterocycles. The van der Waals surface area contributed by atoms with Crippen LogP contribution >= 0.6 is 0 Å². The van der Waals surface area contributed by atoms with Crippen molar-refractivity contribution in [2.75, 3.05) is 13.1 Å². The molecule has 29 heavy (non-hydrogen) atoms. The van der Waals surface area contributed by atoms with Gasteiger partial charge >= 0.3 is 0 Å². The predicted octanol–water partition coefficient (Wildman–Crippen LogP) is 3.64. The van der Waals surface area contributed by atoms with Crippen LogP contribution in [-0.2, 0) is 17.3 Å². The summed E-state index contributed by atoms with van der Waals surface area (Å²) < 4.78 is 13.5. The number of nitrogens with zero attached hydrogens (tertiary/aromatic N) is 2. The number of hydrogen-bond donors (Lipinski definition) is 1. The molecule has 0 bridgehead atoms. The number of hydrogen-bond acceptors (Lipinski definition) is 3. The highest BCUT2D eigenvalue weighted by Gasteiger charge is 2.45. The lowest BCUT2D eigenvalue weighted by molar-refractivity contribution is 0.0663. The molecule has 0 unspecified atom stereocenters. The van der Waals surface area contributed by atoms with Crippen LogP contribution in [-0.4, -0.2) is 33.9 Å². The van der Waals surface area contributed by atoms with Crippen molar-refractivity contribution in [1.82, 2.24) is 14.9 Å². The van der Waals surface area contributed by atoms with Gasteiger partial charge in [-0.05, 0) is 56.4 Å². The number of aromatic nitrogens is 2. The van der Waals surface area contributed by atoms with Crippen molar-refractivity contribution in [3.63, 3.8) is 0 Å². The summed E-state index contributed by atoms with van der Waals surface area (Å²) in [6.07, 6.45) is 3.24. The lowest BCUT2D eigenvalue weighted by atomic mass is 9.76. The highest BCUT2D eigenvalue weighted by atomic mass is 19.1. The fourth-order valence-electron chi connectivity index (χ4n) is 4.59. The minimum absolute atomic E-state index is 0.0166. The standard InChI is InChI=1S/C23H28FN3O2/c1-14-13-15(5-6-17(14)24)20(29)27-11-9-23(10-12-27)8-7-16-18(23)25-21(22(2,3)4)26-19(16)28/h5-6,13H,7-12H2,1-4H3,(H,25,26,28). The van der Waals surface area contributed by atoms with Crippen LogP contribution in [0.1, 0.15) is 73.0 Å². The lowest BCUT2D eigenvalue weighted by Crippen LogP contribution is -2.45. The van der Waals surface area contributed by atoms with Crippen LogP contribution in [0.4, 0.5) is 4.39 Å². The van der Waals surface area contributed by atoms with Crippen molar-refractivity contribution in [3.05, 3.63) is 62.6 Å². The smallest absolute Gasteiger partial charge is 0.254 e. The fourth-order valence-corrected chi connectivity index (χ4v) is 4.59. The molecule has 154 valence electrons. The number of benzene rings is 1. The van der Waals surface area contributed by atoms with Gasteiger partial charge < -0.3 is 9.88 Å². The summed E-state index contributed by atoms with van der Waals surface area (Å²) in [5, 5.41) is 0. The van der Waals surface area contributed by atoms with Crippen molar-refractivity contribution in [1.29, 1.82) is 0 Å². The van der Waals surface area contributed by atoms with E-state index in [1.165, 1.54) is 6.07 Å². The Morgan fingerprint density at radius 1 is 1.21 bits per heavy atom. The molecule has 2 aromatic rings. The van der Waals surface area contributed by atoms with Crippen LogP contribution in [0.25, 0.3) is 0 Å². The van der Waals surface area contributed by atoms with Crippen LogP contribution in [0.15, 0.2) is 23.0 Å². The summed E-state index contributed by atoms with van der Waals surface area (Å²) in [6, 6.07) is 4.52. The van der Waals surface area contributed by atoms with Crippen molar-refractivity contribution < 1.29 is 9.18 Å². The number of H-pyrrole nitrogens is 1. The Morgan fingerprint density at radius 2 is 1.90 bits per heavy atom. The maximum atomic E-state index is 13.5. The van der Waals surface area contributed by atoms with E-state index in [1.54, 1.807) is 19.1 Å². The zero-order valence-electron chi connectivity index (χ0n) is 17.6. The number of amides is 1. The molecule has 1 fully saturated rings. The van der Waals surface area contributed by atoms with E-state index in [1.807, 2.05) is 25.7 Å². The Hall–Kier alpha value is -2.50. The summed E-state index contributed by atoms with van der Waals surface area (Å²) in [5.74, 6) is 0.367. The Bertz CT molecular complexity index is 1030. The third-order valence-electron chi connectivity index (χ3n) is 6.49. The van der Waals surface area contributed by atoms with Crippen LogP contribution in [0, 0.1) is 12.7 Å². The molecule has 2 heterocycles. The zero-order chi connectivity index (χ0) is 21.0. The highest BCUT2D eigenvalue weighted by molar-refractivity contribution is 5.94. The van der Waals surface area contributed by atoms with Crippen molar-refractivity contribution in [3.8, 4) is 0 Å². The third kappa shape index (κ3) is 3.38. The molecule has 0 radical (unpaired) electrons. The van der Waals surface area contributed by atoms with Gasteiger partial charge in [-0.1, -0.05) is 20.8 Å². The number of likely N-dealkylation sites (tertiary alicyclic amines) is 1. The lowest BCUT2D eigenvalue weighted by Gasteiger charge is -2.39. The topological polar surface area (TPSA) is 66.1 Å². The van der Waals surface area contributed by atoms with E-state index in [0.29, 0.717) is 24.2 Å². The molecule has 0 atom stereocenters. The minimum Gasteiger partial charge on any atom is -0.339 e. The average molecular weight is 397 g/mol. The van der Waals surface area contributed by atoms with Gasteiger partial charge in [0, 0.05) is 35.0 Å². The van der Waals surface area contributed by atoms with Gasteiger partial charge in [-0.3, -0.25) is 9.59 Å². The summed E-state index contributed by atoms with van der Waals surface area (Å²) in [7, 11) is 0. The number of nitrogens with one attached hydrogen (secondary N) is 1. The van der Waals surface area contributed by atoms with Crippen molar-refractivity contribution in [2.24, 2.45) is 0 Å². The molecule has 0 saturated carbocycles. The van der Waals surface area contributed by atoms with E-state index in [9.17, 15) is 14.0 Å². The molecule has 1 aromatic carbocycles. The van der Waals surface area contributed by atoms with Crippen molar-refractivity contribution >= 4 is 5.91 Å². The molecular weight excluding hydrogens is 369 g/mol. The Kier molecular flexibility index (Phi) is 4.63. The van der Waals surface area contributed by atoms with Crippen LogP contribution in [0.5, 0.6) is 0 Å². The molecule has 4 rings (SSSR count). The van der Waals surface area contributed by atoms with E-state index in [0.717, 1.165) is 42.8 Å². The Labute approximate surface area is 170 Å². The second kappa shape index (κ2) is 6.78. The number of aryl methyl sites for hydroxylation is 1.